The van der Waals surface area contributed by atoms with Crippen molar-refractivity contribution in [2.75, 3.05) is 0 Å². The van der Waals surface area contributed by atoms with E-state index in [2.05, 4.69) is 15.3 Å². The highest BCUT2D eigenvalue weighted by Gasteiger charge is 2.24. The van der Waals surface area contributed by atoms with Crippen LogP contribution in [0, 0.1) is 6.92 Å². The summed E-state index contributed by atoms with van der Waals surface area (Å²) in [5.74, 6) is -0.124. The molecular weight excluding hydrogens is 238 g/mol. The Kier molecular flexibility index (Phi) is 3.60. The van der Waals surface area contributed by atoms with Gasteiger partial charge < -0.3 is 5.32 Å². The van der Waals surface area contributed by atoms with Gasteiger partial charge in [0.15, 0.2) is 0 Å². The zero-order valence-electron chi connectivity index (χ0n) is 11.3. The van der Waals surface area contributed by atoms with Crippen LogP contribution in [0.1, 0.15) is 35.6 Å². The van der Waals surface area contributed by atoms with Gasteiger partial charge in [-0.3, -0.25) is 14.8 Å². The summed E-state index contributed by atoms with van der Waals surface area (Å²) in [7, 11) is 0. The number of aromatic nitrogens is 2. The molecule has 0 atom stereocenters. The number of carbonyl (C=O) groups is 1. The number of carbonyl (C=O) groups excluding carboxylic acids is 1. The Morgan fingerprint density at radius 1 is 1.16 bits per heavy atom. The van der Waals surface area contributed by atoms with Gasteiger partial charge in [-0.2, -0.15) is 0 Å². The smallest absolute Gasteiger partial charge is 0.252 e. The number of rotatable bonds is 3. The van der Waals surface area contributed by atoms with Gasteiger partial charge in [0.05, 0.1) is 11.2 Å². The molecule has 0 bridgehead atoms. The van der Waals surface area contributed by atoms with E-state index in [-0.39, 0.29) is 5.91 Å². The van der Waals surface area contributed by atoms with Crippen molar-refractivity contribution >= 4 is 5.91 Å². The van der Waals surface area contributed by atoms with Gasteiger partial charge in [-0.1, -0.05) is 6.07 Å². The molecule has 2 heterocycles. The van der Waals surface area contributed by atoms with Crippen molar-refractivity contribution in [1.82, 2.24) is 15.3 Å². The summed E-state index contributed by atoms with van der Waals surface area (Å²) in [6.45, 7) is 5.73. The maximum absolute atomic E-state index is 12.2. The molecule has 0 aliphatic rings. The van der Waals surface area contributed by atoms with E-state index in [1.165, 1.54) is 0 Å². The summed E-state index contributed by atoms with van der Waals surface area (Å²) in [5.41, 5.74) is 1.74. The topological polar surface area (TPSA) is 54.9 Å². The third kappa shape index (κ3) is 3.16. The van der Waals surface area contributed by atoms with E-state index in [0.29, 0.717) is 5.56 Å². The van der Waals surface area contributed by atoms with Crippen LogP contribution in [0.25, 0.3) is 0 Å². The molecule has 4 heteroatoms. The zero-order chi connectivity index (χ0) is 13.9. The molecule has 98 valence electrons. The van der Waals surface area contributed by atoms with E-state index >= 15 is 0 Å². The standard InChI is InChI=1S/C15H17N3O/c1-11-10-12(7-9-16-11)14(19)18-15(2,3)13-6-4-5-8-17-13/h4-10H,1-3H3,(H,18,19). The fraction of sp³-hybridized carbons (Fsp3) is 0.267. The third-order valence-corrected chi connectivity index (χ3v) is 2.89. The summed E-state index contributed by atoms with van der Waals surface area (Å²) in [6.07, 6.45) is 3.36. The normalized spacial score (nSPS) is 11.1. The SMILES string of the molecule is Cc1cc(C(=O)NC(C)(C)c2ccccn2)ccn1. The molecule has 0 fully saturated rings. The zero-order valence-corrected chi connectivity index (χ0v) is 11.3. The van der Waals surface area contributed by atoms with Crippen LogP contribution in [0.5, 0.6) is 0 Å². The molecular formula is C15H17N3O. The average molecular weight is 255 g/mol. The van der Waals surface area contributed by atoms with Crippen molar-refractivity contribution in [2.24, 2.45) is 0 Å². The van der Waals surface area contributed by atoms with Crippen molar-refractivity contribution in [1.29, 1.82) is 0 Å². The highest BCUT2D eigenvalue weighted by Crippen LogP contribution is 2.17. The molecule has 1 amide bonds. The fourth-order valence-corrected chi connectivity index (χ4v) is 1.84. The van der Waals surface area contributed by atoms with Gasteiger partial charge in [0.1, 0.15) is 0 Å². The first-order valence-corrected chi connectivity index (χ1v) is 6.16. The van der Waals surface area contributed by atoms with E-state index < -0.39 is 5.54 Å². The Morgan fingerprint density at radius 2 is 1.95 bits per heavy atom. The van der Waals surface area contributed by atoms with Gasteiger partial charge in [-0.05, 0) is 45.0 Å². The highest BCUT2D eigenvalue weighted by atomic mass is 16.1. The molecule has 0 aromatic carbocycles. The van der Waals surface area contributed by atoms with Crippen LogP contribution in [-0.4, -0.2) is 15.9 Å². The van der Waals surface area contributed by atoms with Crippen molar-refractivity contribution in [3.8, 4) is 0 Å². The van der Waals surface area contributed by atoms with Crippen molar-refractivity contribution in [2.45, 2.75) is 26.3 Å². The highest BCUT2D eigenvalue weighted by molar-refractivity contribution is 5.94. The molecule has 0 saturated carbocycles. The number of aryl methyl sites for hydroxylation is 1. The van der Waals surface area contributed by atoms with Crippen molar-refractivity contribution in [3.05, 3.63) is 59.7 Å². The summed E-state index contributed by atoms with van der Waals surface area (Å²) in [4.78, 5) is 20.6. The Balaban J connectivity index is 2.19. The lowest BCUT2D eigenvalue weighted by molar-refractivity contribution is 0.0910. The van der Waals surface area contributed by atoms with Crippen LogP contribution >= 0.6 is 0 Å². The predicted molar refractivity (Wildman–Crippen MR) is 73.7 cm³/mol. The molecule has 4 nitrogen and oxygen atoms in total. The molecule has 0 aliphatic heterocycles. The number of nitrogens with one attached hydrogen (secondary N) is 1. The van der Waals surface area contributed by atoms with E-state index in [1.807, 2.05) is 39.0 Å². The lowest BCUT2D eigenvalue weighted by atomic mass is 9.99. The van der Waals surface area contributed by atoms with E-state index in [1.54, 1.807) is 24.5 Å². The number of hydrogen-bond donors (Lipinski definition) is 1. The minimum absolute atomic E-state index is 0.124. The van der Waals surface area contributed by atoms with Crippen LogP contribution in [0.3, 0.4) is 0 Å². The number of pyridine rings is 2. The third-order valence-electron chi connectivity index (χ3n) is 2.89. The van der Waals surface area contributed by atoms with Crippen LogP contribution in [0.4, 0.5) is 0 Å². The second-order valence-corrected chi connectivity index (χ2v) is 4.98. The Bertz CT molecular complexity index is 579. The van der Waals surface area contributed by atoms with Crippen LogP contribution in [0.2, 0.25) is 0 Å². The van der Waals surface area contributed by atoms with Gasteiger partial charge in [-0.15, -0.1) is 0 Å². The number of nitrogens with zero attached hydrogens (tertiary/aromatic N) is 2. The maximum atomic E-state index is 12.2. The van der Waals surface area contributed by atoms with Crippen molar-refractivity contribution in [3.63, 3.8) is 0 Å². The van der Waals surface area contributed by atoms with Gasteiger partial charge >= 0.3 is 0 Å². The first-order chi connectivity index (χ1) is 8.99. The second kappa shape index (κ2) is 5.18. The Hall–Kier alpha value is -2.23. The summed E-state index contributed by atoms with van der Waals surface area (Å²) in [5, 5.41) is 2.99. The first kappa shape index (κ1) is 13.2. The molecule has 19 heavy (non-hydrogen) atoms. The minimum atomic E-state index is -0.518. The van der Waals surface area contributed by atoms with E-state index in [9.17, 15) is 4.79 Å². The Morgan fingerprint density at radius 3 is 2.58 bits per heavy atom. The largest absolute Gasteiger partial charge is 0.342 e. The summed E-state index contributed by atoms with van der Waals surface area (Å²) < 4.78 is 0. The summed E-state index contributed by atoms with van der Waals surface area (Å²) in [6, 6.07) is 9.14. The summed E-state index contributed by atoms with van der Waals surface area (Å²) >= 11 is 0. The van der Waals surface area contributed by atoms with Crippen LogP contribution in [-0.2, 0) is 5.54 Å². The maximum Gasteiger partial charge on any atom is 0.252 e. The quantitative estimate of drug-likeness (QED) is 0.916. The van der Waals surface area contributed by atoms with Crippen LogP contribution in [0.15, 0.2) is 42.7 Å². The molecule has 2 aromatic heterocycles. The monoisotopic (exact) mass is 255 g/mol. The molecule has 0 aliphatic carbocycles. The predicted octanol–water partition coefficient (Wildman–Crippen LogP) is 2.45. The van der Waals surface area contributed by atoms with Gasteiger partial charge in [0.25, 0.3) is 5.91 Å². The van der Waals surface area contributed by atoms with Gasteiger partial charge in [0, 0.05) is 23.7 Å². The van der Waals surface area contributed by atoms with E-state index in [4.69, 9.17) is 0 Å². The lowest BCUT2D eigenvalue weighted by Gasteiger charge is -2.25. The number of hydrogen-bond acceptors (Lipinski definition) is 3. The first-order valence-electron chi connectivity index (χ1n) is 6.16. The van der Waals surface area contributed by atoms with E-state index in [0.717, 1.165) is 11.4 Å². The van der Waals surface area contributed by atoms with Crippen LogP contribution < -0.4 is 5.32 Å². The molecule has 2 aromatic rings. The number of amides is 1. The van der Waals surface area contributed by atoms with Crippen molar-refractivity contribution < 1.29 is 4.79 Å². The molecule has 2 rings (SSSR count). The minimum Gasteiger partial charge on any atom is -0.342 e. The average Bonchev–Trinajstić information content (AvgIpc) is 2.39. The molecule has 1 N–H and O–H groups in total. The Labute approximate surface area is 112 Å². The van der Waals surface area contributed by atoms with Gasteiger partial charge in [-0.25, -0.2) is 0 Å². The molecule has 0 radical (unpaired) electrons. The molecule has 0 saturated heterocycles. The second-order valence-electron chi connectivity index (χ2n) is 4.98. The fourth-order valence-electron chi connectivity index (χ4n) is 1.84. The molecule has 0 unspecified atom stereocenters. The van der Waals surface area contributed by atoms with Gasteiger partial charge in [0.2, 0.25) is 0 Å². The molecule has 0 spiro atoms. The lowest BCUT2D eigenvalue weighted by Crippen LogP contribution is -2.41.